The van der Waals surface area contributed by atoms with Crippen LogP contribution in [0.4, 0.5) is 9.59 Å². The summed E-state index contributed by atoms with van der Waals surface area (Å²) in [5.41, 5.74) is -1.02. The fourth-order valence-electron chi connectivity index (χ4n) is 5.06. The van der Waals surface area contributed by atoms with E-state index in [0.29, 0.717) is 18.3 Å². The van der Waals surface area contributed by atoms with E-state index in [9.17, 15) is 19.8 Å². The van der Waals surface area contributed by atoms with E-state index in [-0.39, 0.29) is 0 Å². The minimum Gasteiger partial charge on any atom is -0.465 e. The lowest BCUT2D eigenvalue weighted by molar-refractivity contribution is 0.0814. The van der Waals surface area contributed by atoms with Gasteiger partial charge in [0.1, 0.15) is 0 Å². The second-order valence-corrected chi connectivity index (χ2v) is 8.00. The molecule has 2 fully saturated rings. The molecule has 4 unspecified atom stereocenters. The average molecular weight is 326 g/mol. The zero-order valence-electron chi connectivity index (χ0n) is 14.2. The van der Waals surface area contributed by atoms with E-state index < -0.39 is 23.3 Å². The Morgan fingerprint density at radius 3 is 1.61 bits per heavy atom. The van der Waals surface area contributed by atoms with Crippen LogP contribution in [0.1, 0.15) is 71.6 Å². The summed E-state index contributed by atoms with van der Waals surface area (Å²) < 4.78 is 0. The summed E-state index contributed by atoms with van der Waals surface area (Å²) in [6.45, 7) is 4.30. The Morgan fingerprint density at radius 1 is 0.913 bits per heavy atom. The molecular weight excluding hydrogens is 296 g/mol. The van der Waals surface area contributed by atoms with Gasteiger partial charge in [-0.25, -0.2) is 9.59 Å². The molecule has 0 saturated heterocycles. The minimum absolute atomic E-state index is 0.457. The number of rotatable bonds is 4. The van der Waals surface area contributed by atoms with Gasteiger partial charge in [-0.05, 0) is 43.9 Å². The molecule has 0 radical (unpaired) electrons. The molecule has 2 aliphatic carbocycles. The third-order valence-corrected chi connectivity index (χ3v) is 5.60. The van der Waals surface area contributed by atoms with Crippen LogP contribution in [-0.2, 0) is 0 Å². The third kappa shape index (κ3) is 4.75. The molecule has 0 aromatic heterocycles. The summed E-state index contributed by atoms with van der Waals surface area (Å²) in [6.07, 6.45) is 5.91. The van der Waals surface area contributed by atoms with Crippen molar-refractivity contribution in [2.24, 2.45) is 11.8 Å². The van der Waals surface area contributed by atoms with Gasteiger partial charge in [0.25, 0.3) is 0 Å². The van der Waals surface area contributed by atoms with Crippen LogP contribution in [0.3, 0.4) is 0 Å². The molecule has 4 N–H and O–H groups in total. The molecule has 132 valence electrons. The van der Waals surface area contributed by atoms with E-state index in [1.165, 1.54) is 0 Å². The molecule has 2 saturated carbocycles. The van der Waals surface area contributed by atoms with E-state index in [4.69, 9.17) is 0 Å². The maximum atomic E-state index is 11.4. The molecule has 23 heavy (non-hydrogen) atoms. The molecule has 0 aromatic rings. The molecule has 2 rings (SSSR count). The molecular formula is C17H30N2O4. The molecule has 2 amide bonds. The number of hydrogen-bond donors (Lipinski definition) is 4. The summed E-state index contributed by atoms with van der Waals surface area (Å²) in [5.74, 6) is 0.914. The van der Waals surface area contributed by atoms with Gasteiger partial charge in [0.05, 0.1) is 0 Å². The van der Waals surface area contributed by atoms with E-state index in [1.807, 2.05) is 0 Å². The van der Waals surface area contributed by atoms with Crippen LogP contribution in [0.2, 0.25) is 0 Å². The van der Waals surface area contributed by atoms with E-state index in [2.05, 4.69) is 24.5 Å². The zero-order chi connectivity index (χ0) is 17.1. The topological polar surface area (TPSA) is 98.7 Å². The van der Waals surface area contributed by atoms with Crippen molar-refractivity contribution < 1.29 is 19.8 Å². The zero-order valence-corrected chi connectivity index (χ0v) is 14.2. The molecule has 0 aromatic carbocycles. The first-order valence-electron chi connectivity index (χ1n) is 8.76. The standard InChI is InChI=1S/C17H30N2O4/c1-12-5-3-7-16(9-12,18-14(20)21)11-17(19-15(22)23)8-4-6-13(2)10-17/h12-13,18-19H,3-11H2,1-2H3,(H,20,21)(H,22,23). The number of carboxylic acid groups (broad SMARTS) is 2. The average Bonchev–Trinajstić information content (AvgIpc) is 2.35. The number of amides is 2. The summed E-state index contributed by atoms with van der Waals surface area (Å²) in [7, 11) is 0. The quantitative estimate of drug-likeness (QED) is 0.631. The van der Waals surface area contributed by atoms with Gasteiger partial charge in [-0.2, -0.15) is 0 Å². The van der Waals surface area contributed by atoms with Gasteiger partial charge >= 0.3 is 12.2 Å². The fourth-order valence-corrected chi connectivity index (χ4v) is 5.06. The highest BCUT2D eigenvalue weighted by Crippen LogP contribution is 2.43. The Balaban J connectivity index is 2.25. The second-order valence-electron chi connectivity index (χ2n) is 8.00. The van der Waals surface area contributed by atoms with Gasteiger partial charge in [-0.1, -0.05) is 39.5 Å². The lowest BCUT2D eigenvalue weighted by Crippen LogP contribution is -2.61. The molecule has 6 heteroatoms. The lowest BCUT2D eigenvalue weighted by Gasteiger charge is -2.49. The van der Waals surface area contributed by atoms with Crippen LogP contribution in [0.25, 0.3) is 0 Å². The Bertz CT molecular complexity index is 416. The molecule has 6 nitrogen and oxygen atoms in total. The minimum atomic E-state index is -1.01. The first-order valence-corrected chi connectivity index (χ1v) is 8.76. The molecule has 0 heterocycles. The second kappa shape index (κ2) is 6.97. The maximum Gasteiger partial charge on any atom is 0.405 e. The predicted octanol–water partition coefficient (Wildman–Crippen LogP) is 3.81. The van der Waals surface area contributed by atoms with Crippen molar-refractivity contribution in [3.8, 4) is 0 Å². The largest absolute Gasteiger partial charge is 0.465 e. The van der Waals surface area contributed by atoms with Crippen LogP contribution in [-0.4, -0.2) is 33.5 Å². The van der Waals surface area contributed by atoms with Crippen molar-refractivity contribution in [2.75, 3.05) is 0 Å². The third-order valence-electron chi connectivity index (χ3n) is 5.60. The van der Waals surface area contributed by atoms with Gasteiger partial charge in [-0.15, -0.1) is 0 Å². The summed E-state index contributed by atoms with van der Waals surface area (Å²) in [6, 6.07) is 0. The van der Waals surface area contributed by atoms with E-state index >= 15 is 0 Å². The van der Waals surface area contributed by atoms with Crippen molar-refractivity contribution >= 4 is 12.2 Å². The fraction of sp³-hybridized carbons (Fsp3) is 0.882. The predicted molar refractivity (Wildman–Crippen MR) is 87.7 cm³/mol. The van der Waals surface area contributed by atoms with Crippen LogP contribution in [0, 0.1) is 11.8 Å². The van der Waals surface area contributed by atoms with Crippen LogP contribution in [0.5, 0.6) is 0 Å². The van der Waals surface area contributed by atoms with Gasteiger partial charge in [-0.3, -0.25) is 0 Å². The van der Waals surface area contributed by atoms with Crippen molar-refractivity contribution in [3.05, 3.63) is 0 Å². The van der Waals surface area contributed by atoms with E-state index in [0.717, 1.165) is 51.4 Å². The highest BCUT2D eigenvalue weighted by molar-refractivity contribution is 5.67. The summed E-state index contributed by atoms with van der Waals surface area (Å²) >= 11 is 0. The number of nitrogens with one attached hydrogen (secondary N) is 2. The summed E-state index contributed by atoms with van der Waals surface area (Å²) in [5, 5.41) is 24.2. The van der Waals surface area contributed by atoms with Gasteiger partial charge in [0.15, 0.2) is 0 Å². The van der Waals surface area contributed by atoms with Crippen molar-refractivity contribution in [1.29, 1.82) is 0 Å². The molecule has 4 atom stereocenters. The SMILES string of the molecule is CC1CCCC(CC2(NC(=O)O)CCCC(C)C2)(NC(=O)O)C1. The first-order chi connectivity index (χ1) is 10.7. The molecule has 0 bridgehead atoms. The van der Waals surface area contributed by atoms with Crippen LogP contribution < -0.4 is 10.6 Å². The number of hydrogen-bond acceptors (Lipinski definition) is 2. The Labute approximate surface area is 138 Å². The molecule has 0 aliphatic heterocycles. The lowest BCUT2D eigenvalue weighted by atomic mass is 9.65. The van der Waals surface area contributed by atoms with Gasteiger partial charge in [0, 0.05) is 11.1 Å². The highest BCUT2D eigenvalue weighted by atomic mass is 16.4. The molecule has 0 spiro atoms. The normalized spacial score (nSPS) is 37.8. The van der Waals surface area contributed by atoms with Crippen molar-refractivity contribution in [3.63, 3.8) is 0 Å². The number of carbonyl (C=O) groups is 2. The van der Waals surface area contributed by atoms with E-state index in [1.54, 1.807) is 0 Å². The highest BCUT2D eigenvalue weighted by Gasteiger charge is 2.46. The monoisotopic (exact) mass is 326 g/mol. The van der Waals surface area contributed by atoms with Gasteiger partial charge < -0.3 is 20.8 Å². The Morgan fingerprint density at radius 2 is 1.30 bits per heavy atom. The van der Waals surface area contributed by atoms with Crippen molar-refractivity contribution in [1.82, 2.24) is 10.6 Å². The Hall–Kier alpha value is -1.46. The Kier molecular flexibility index (Phi) is 5.42. The maximum absolute atomic E-state index is 11.4. The summed E-state index contributed by atoms with van der Waals surface area (Å²) in [4.78, 5) is 22.7. The van der Waals surface area contributed by atoms with Crippen molar-refractivity contribution in [2.45, 2.75) is 82.7 Å². The molecule has 2 aliphatic rings. The van der Waals surface area contributed by atoms with Crippen LogP contribution in [0.15, 0.2) is 0 Å². The first kappa shape index (κ1) is 17.9. The van der Waals surface area contributed by atoms with Crippen LogP contribution >= 0.6 is 0 Å². The smallest absolute Gasteiger partial charge is 0.405 e. The van der Waals surface area contributed by atoms with Gasteiger partial charge in [0.2, 0.25) is 0 Å².